The van der Waals surface area contributed by atoms with Gasteiger partial charge < -0.3 is 10.2 Å². The molecule has 7 nitrogen and oxygen atoms in total. The molecule has 3 N–H and O–H groups in total. The van der Waals surface area contributed by atoms with Crippen molar-refractivity contribution in [1.82, 2.24) is 4.90 Å². The first-order chi connectivity index (χ1) is 13.0. The van der Waals surface area contributed by atoms with Crippen molar-refractivity contribution < 1.29 is 18.0 Å². The summed E-state index contributed by atoms with van der Waals surface area (Å²) in [6, 6.07) is 8.82. The Morgan fingerprint density at radius 2 is 1.75 bits per heavy atom. The summed E-state index contributed by atoms with van der Waals surface area (Å²) in [4.78, 5) is 26.3. The molecule has 2 aromatic carbocycles. The van der Waals surface area contributed by atoms with E-state index in [1.807, 2.05) is 0 Å². The van der Waals surface area contributed by atoms with Gasteiger partial charge in [0.1, 0.15) is 6.54 Å². The van der Waals surface area contributed by atoms with Crippen molar-refractivity contribution in [2.75, 3.05) is 18.4 Å². The summed E-state index contributed by atoms with van der Waals surface area (Å²) < 4.78 is 23.1. The van der Waals surface area contributed by atoms with E-state index in [2.05, 4.69) is 5.32 Å². The van der Waals surface area contributed by atoms with E-state index in [9.17, 15) is 18.0 Å². The Kier molecular flexibility index (Phi) is 7.06. The van der Waals surface area contributed by atoms with Crippen molar-refractivity contribution in [2.45, 2.75) is 18.7 Å². The number of carbonyl (C=O) groups is 2. The van der Waals surface area contributed by atoms with Crippen LogP contribution in [0.3, 0.4) is 0 Å². The maximum absolute atomic E-state index is 12.9. The Labute approximate surface area is 173 Å². The molecule has 2 amide bonds. The largest absolute Gasteiger partial charge is 0.330 e. The number of sulfonamides is 1. The third-order valence-corrected chi connectivity index (χ3v) is 5.54. The number of hydrogen-bond donors (Lipinski definition) is 2. The van der Waals surface area contributed by atoms with E-state index in [4.69, 9.17) is 28.3 Å². The smallest absolute Gasteiger partial charge is 0.254 e. The minimum atomic E-state index is -3.96. The Bertz CT molecular complexity index is 1010. The summed E-state index contributed by atoms with van der Waals surface area (Å²) in [5, 5.41) is 8.27. The fraction of sp³-hybridized carbons (Fsp3) is 0.222. The first-order valence-electron chi connectivity index (χ1n) is 8.21. The van der Waals surface area contributed by atoms with Crippen LogP contribution in [0.1, 0.15) is 22.8 Å². The number of aryl methyl sites for hydroxylation is 1. The molecule has 0 bridgehead atoms. The van der Waals surface area contributed by atoms with Gasteiger partial charge >= 0.3 is 0 Å². The standard InChI is InChI=1S/C18H19Cl2N3O4S/c1-3-23(10-16(24)22-17-14(19)5-4-6-15(17)20)18(25)13-9-12(28(21,26)27)8-7-11(13)2/h4-9H,3,10H2,1-2H3,(H,22,24)(H2,21,26,27). The molecular weight excluding hydrogens is 425 g/mol. The van der Waals surface area contributed by atoms with Crippen LogP contribution < -0.4 is 10.5 Å². The average Bonchev–Trinajstić information content (AvgIpc) is 2.61. The maximum Gasteiger partial charge on any atom is 0.254 e. The van der Waals surface area contributed by atoms with Gasteiger partial charge in [-0.05, 0) is 43.7 Å². The quantitative estimate of drug-likeness (QED) is 0.714. The number of primary sulfonamides is 1. The van der Waals surface area contributed by atoms with Crippen molar-refractivity contribution in [3.05, 3.63) is 57.6 Å². The van der Waals surface area contributed by atoms with Gasteiger partial charge in [-0.15, -0.1) is 0 Å². The number of benzene rings is 2. The van der Waals surface area contributed by atoms with Crippen molar-refractivity contribution >= 4 is 50.7 Å². The first-order valence-corrected chi connectivity index (χ1v) is 10.5. The molecule has 0 aromatic heterocycles. The van der Waals surface area contributed by atoms with Crippen LogP contribution in [0.15, 0.2) is 41.3 Å². The number of nitrogens with two attached hydrogens (primary N) is 1. The van der Waals surface area contributed by atoms with E-state index in [1.165, 1.54) is 23.1 Å². The van der Waals surface area contributed by atoms with Crippen LogP contribution in [0.5, 0.6) is 0 Å². The third-order valence-electron chi connectivity index (χ3n) is 4.00. The zero-order chi connectivity index (χ0) is 21.1. The average molecular weight is 444 g/mol. The second kappa shape index (κ2) is 8.91. The van der Waals surface area contributed by atoms with Gasteiger partial charge in [0.05, 0.1) is 20.6 Å². The van der Waals surface area contributed by atoms with Gasteiger partial charge in [-0.3, -0.25) is 9.59 Å². The number of para-hydroxylation sites is 1. The number of hydrogen-bond acceptors (Lipinski definition) is 4. The molecule has 0 fully saturated rings. The second-order valence-corrected chi connectivity index (χ2v) is 8.36. The lowest BCUT2D eigenvalue weighted by molar-refractivity contribution is -0.116. The summed E-state index contributed by atoms with van der Waals surface area (Å²) in [6.07, 6.45) is 0. The Hall–Kier alpha value is -2.13. The molecular formula is C18H19Cl2N3O4S. The maximum atomic E-state index is 12.9. The fourth-order valence-corrected chi connectivity index (χ4v) is 3.51. The molecule has 10 heteroatoms. The molecule has 2 aromatic rings. The van der Waals surface area contributed by atoms with E-state index >= 15 is 0 Å². The lowest BCUT2D eigenvalue weighted by atomic mass is 10.1. The summed E-state index contributed by atoms with van der Waals surface area (Å²) in [5.41, 5.74) is 0.967. The van der Waals surface area contributed by atoms with Crippen molar-refractivity contribution in [2.24, 2.45) is 5.14 Å². The number of amides is 2. The molecule has 0 heterocycles. The van der Waals surface area contributed by atoms with Gasteiger partial charge in [-0.2, -0.15) is 0 Å². The topological polar surface area (TPSA) is 110 Å². The molecule has 150 valence electrons. The molecule has 0 spiro atoms. The van der Waals surface area contributed by atoms with Crippen LogP contribution in [-0.2, 0) is 14.8 Å². The molecule has 0 atom stereocenters. The van der Waals surface area contributed by atoms with E-state index in [0.29, 0.717) is 5.56 Å². The van der Waals surface area contributed by atoms with Crippen molar-refractivity contribution in [3.63, 3.8) is 0 Å². The number of halogens is 2. The van der Waals surface area contributed by atoms with Crippen LogP contribution in [0, 0.1) is 6.92 Å². The van der Waals surface area contributed by atoms with Crippen molar-refractivity contribution in [3.8, 4) is 0 Å². The van der Waals surface area contributed by atoms with Crippen LogP contribution in [-0.4, -0.2) is 38.2 Å². The predicted octanol–water partition coefficient (Wildman–Crippen LogP) is 3.05. The Balaban J connectivity index is 2.23. The van der Waals surface area contributed by atoms with Crippen molar-refractivity contribution in [1.29, 1.82) is 0 Å². The van der Waals surface area contributed by atoms with Crippen LogP contribution in [0.2, 0.25) is 10.0 Å². The van der Waals surface area contributed by atoms with Gasteiger partial charge in [0, 0.05) is 12.1 Å². The van der Waals surface area contributed by atoms with E-state index < -0.39 is 21.8 Å². The fourth-order valence-electron chi connectivity index (χ4n) is 2.48. The molecule has 0 aliphatic carbocycles. The summed E-state index contributed by atoms with van der Waals surface area (Å²) in [5.74, 6) is -0.989. The van der Waals surface area contributed by atoms with Gasteiger partial charge in [0.25, 0.3) is 5.91 Å². The number of rotatable bonds is 6. The van der Waals surface area contributed by atoms with Crippen LogP contribution in [0.4, 0.5) is 5.69 Å². The van der Waals surface area contributed by atoms with Gasteiger partial charge in [0.15, 0.2) is 0 Å². The molecule has 2 rings (SSSR count). The molecule has 0 radical (unpaired) electrons. The van der Waals surface area contributed by atoms with Gasteiger partial charge in [0.2, 0.25) is 15.9 Å². The Morgan fingerprint density at radius 3 is 2.29 bits per heavy atom. The number of carbonyl (C=O) groups excluding carboxylic acids is 2. The normalized spacial score (nSPS) is 11.2. The Morgan fingerprint density at radius 1 is 1.14 bits per heavy atom. The minimum Gasteiger partial charge on any atom is -0.330 e. The second-order valence-electron chi connectivity index (χ2n) is 5.99. The highest BCUT2D eigenvalue weighted by Crippen LogP contribution is 2.29. The summed E-state index contributed by atoms with van der Waals surface area (Å²) in [6.45, 7) is 3.32. The first kappa shape index (κ1) is 22.2. The highest BCUT2D eigenvalue weighted by molar-refractivity contribution is 7.89. The monoisotopic (exact) mass is 443 g/mol. The van der Waals surface area contributed by atoms with Crippen LogP contribution in [0.25, 0.3) is 0 Å². The van der Waals surface area contributed by atoms with E-state index in [-0.39, 0.29) is 39.3 Å². The number of anilines is 1. The predicted molar refractivity (Wildman–Crippen MR) is 109 cm³/mol. The highest BCUT2D eigenvalue weighted by atomic mass is 35.5. The molecule has 0 unspecified atom stereocenters. The van der Waals surface area contributed by atoms with Crippen LogP contribution >= 0.6 is 23.2 Å². The lowest BCUT2D eigenvalue weighted by Crippen LogP contribution is -2.38. The molecule has 0 aliphatic rings. The number of likely N-dealkylation sites (N-methyl/N-ethyl adjacent to an activating group) is 1. The molecule has 0 saturated heterocycles. The zero-order valence-corrected chi connectivity index (χ0v) is 17.5. The van der Waals surface area contributed by atoms with Gasteiger partial charge in [-0.1, -0.05) is 35.3 Å². The van der Waals surface area contributed by atoms with E-state index in [1.54, 1.807) is 32.0 Å². The third kappa shape index (κ3) is 5.23. The number of nitrogens with zero attached hydrogens (tertiary/aromatic N) is 1. The molecule has 0 saturated carbocycles. The molecule has 28 heavy (non-hydrogen) atoms. The van der Waals surface area contributed by atoms with Gasteiger partial charge in [-0.25, -0.2) is 13.6 Å². The molecule has 0 aliphatic heterocycles. The lowest BCUT2D eigenvalue weighted by Gasteiger charge is -2.22. The summed E-state index contributed by atoms with van der Waals surface area (Å²) in [7, 11) is -3.96. The summed E-state index contributed by atoms with van der Waals surface area (Å²) >= 11 is 12.1. The zero-order valence-electron chi connectivity index (χ0n) is 15.2. The highest BCUT2D eigenvalue weighted by Gasteiger charge is 2.22. The minimum absolute atomic E-state index is 0.150. The SMILES string of the molecule is CCN(CC(=O)Nc1c(Cl)cccc1Cl)C(=O)c1cc(S(N)(=O)=O)ccc1C. The van der Waals surface area contributed by atoms with E-state index in [0.717, 1.165) is 0 Å². The number of nitrogens with one attached hydrogen (secondary N) is 1.